The quantitative estimate of drug-likeness (QED) is 0.255. The van der Waals surface area contributed by atoms with Gasteiger partial charge in [0.1, 0.15) is 0 Å². The molecule has 26 heavy (non-hydrogen) atoms. The molecule has 0 radical (unpaired) electrons. The van der Waals surface area contributed by atoms with Gasteiger partial charge in [0, 0.05) is 0 Å². The second kappa shape index (κ2) is 9.49. The Morgan fingerprint density at radius 2 is 0.654 bits per heavy atom. The average molecular weight is 511 g/mol. The molecule has 152 valence electrons. The van der Waals surface area contributed by atoms with Crippen LogP contribution in [-0.4, -0.2) is 18.8 Å². The summed E-state index contributed by atoms with van der Waals surface area (Å²) < 4.78 is 0. The Morgan fingerprint density at radius 3 is 0.962 bits per heavy atom. The highest BCUT2D eigenvalue weighted by atomic mass is 35.7. The monoisotopic (exact) mass is 508 g/mol. The SMILES string of the molecule is Cl[Si](Cl)(C1CCCCC1)[Si](Cl)(C1CCCCC1)[Si](Cl)(Cl)C1CCCCC1. The number of hydrogen-bond donors (Lipinski definition) is 0. The van der Waals surface area contributed by atoms with Gasteiger partial charge in [-0.05, 0) is 16.6 Å². The second-order valence-electron chi connectivity index (χ2n) is 8.96. The first-order chi connectivity index (χ1) is 12.3. The van der Waals surface area contributed by atoms with Crippen LogP contribution in [0.4, 0.5) is 0 Å². The Bertz CT molecular complexity index is 426. The molecule has 0 aromatic heterocycles. The Hall–Kier alpha value is 2.10. The van der Waals surface area contributed by atoms with Gasteiger partial charge in [0.2, 0.25) is 6.42 Å². The third kappa shape index (κ3) is 4.26. The predicted octanol–water partition coefficient (Wildman–Crippen LogP) is 9.17. The lowest BCUT2D eigenvalue weighted by molar-refractivity contribution is 0.488. The molecule has 0 unspecified atom stereocenters. The van der Waals surface area contributed by atoms with E-state index in [1.165, 1.54) is 57.8 Å². The molecule has 0 bridgehead atoms. The summed E-state index contributed by atoms with van der Waals surface area (Å²) in [5, 5.41) is 0. The molecular weight excluding hydrogens is 478 g/mol. The highest BCUT2D eigenvalue weighted by Gasteiger charge is 2.73. The first kappa shape index (κ1) is 22.8. The maximum atomic E-state index is 7.80. The molecule has 0 spiro atoms. The van der Waals surface area contributed by atoms with Crippen LogP contribution in [0.15, 0.2) is 0 Å². The Morgan fingerprint density at radius 1 is 0.385 bits per heavy atom. The number of hydrogen-bond acceptors (Lipinski definition) is 0. The van der Waals surface area contributed by atoms with Crippen LogP contribution in [0.3, 0.4) is 0 Å². The summed E-state index contributed by atoms with van der Waals surface area (Å²) in [6, 6.07) is 0. The Labute approximate surface area is 186 Å². The average Bonchev–Trinajstić information content (AvgIpc) is 2.69. The van der Waals surface area contributed by atoms with E-state index in [4.69, 9.17) is 55.4 Å². The number of rotatable bonds is 5. The van der Waals surface area contributed by atoms with Crippen molar-refractivity contribution in [1.29, 1.82) is 0 Å². The Kier molecular flexibility index (Phi) is 8.32. The van der Waals surface area contributed by atoms with Gasteiger partial charge < -0.3 is 0 Å². The molecule has 0 atom stereocenters. The molecule has 3 aliphatic rings. The third-order valence-electron chi connectivity index (χ3n) is 7.37. The van der Waals surface area contributed by atoms with Gasteiger partial charge in [-0.25, -0.2) is 0 Å². The van der Waals surface area contributed by atoms with Crippen molar-refractivity contribution < 1.29 is 0 Å². The van der Waals surface area contributed by atoms with Crippen molar-refractivity contribution in [3.05, 3.63) is 0 Å². The summed E-state index contributed by atoms with van der Waals surface area (Å²) in [5.41, 5.74) is 1.28. The minimum Gasteiger partial charge on any atom is -0.167 e. The fraction of sp³-hybridized carbons (Fsp3) is 1.00. The first-order valence-electron chi connectivity index (χ1n) is 10.8. The van der Waals surface area contributed by atoms with Gasteiger partial charge in [0.15, 0.2) is 0 Å². The van der Waals surface area contributed by atoms with Gasteiger partial charge >= 0.3 is 0 Å². The normalized spacial score (nSPS) is 26.2. The second-order valence-corrected chi connectivity index (χ2v) is 42.1. The van der Waals surface area contributed by atoms with Crippen molar-refractivity contribution in [2.75, 3.05) is 0 Å². The maximum Gasteiger partial charge on any atom is 0.260 e. The van der Waals surface area contributed by atoms with Crippen LogP contribution in [0.2, 0.25) is 16.6 Å². The van der Waals surface area contributed by atoms with Gasteiger partial charge in [-0.1, -0.05) is 96.3 Å². The van der Waals surface area contributed by atoms with Crippen LogP contribution in [0.1, 0.15) is 96.3 Å². The summed E-state index contributed by atoms with van der Waals surface area (Å²) in [6.45, 7) is 0. The molecule has 0 saturated heterocycles. The van der Waals surface area contributed by atoms with E-state index in [-0.39, 0.29) is 0 Å². The number of halogens is 5. The molecule has 0 aromatic carbocycles. The van der Waals surface area contributed by atoms with E-state index in [0.717, 1.165) is 38.5 Å². The highest BCUT2D eigenvalue weighted by Crippen LogP contribution is 2.62. The molecule has 0 aromatic rings. The van der Waals surface area contributed by atoms with Crippen LogP contribution < -0.4 is 0 Å². The standard InChI is InChI=1S/C18H33Cl5Si3/c19-24(20,16-10-4-1-5-11-16)26(23,18-14-8-3-9-15-18)25(21,22)17-12-6-2-7-13-17/h16-18H,1-15H2. The van der Waals surface area contributed by atoms with Crippen molar-refractivity contribution in [1.82, 2.24) is 0 Å². The molecule has 0 nitrogen and oxygen atoms in total. The molecule has 8 heteroatoms. The van der Waals surface area contributed by atoms with E-state index >= 15 is 0 Å². The lowest BCUT2D eigenvalue weighted by Gasteiger charge is -2.52. The smallest absolute Gasteiger partial charge is 0.167 e. The summed E-state index contributed by atoms with van der Waals surface area (Å²) >= 11 is 37.6. The van der Waals surface area contributed by atoms with E-state index < -0.39 is 18.8 Å². The maximum absolute atomic E-state index is 7.80. The molecule has 3 saturated carbocycles. The van der Waals surface area contributed by atoms with Crippen molar-refractivity contribution in [3.8, 4) is 0 Å². The van der Waals surface area contributed by atoms with E-state index in [1.54, 1.807) is 0 Å². The van der Waals surface area contributed by atoms with Gasteiger partial charge in [-0.15, -0.1) is 44.3 Å². The van der Waals surface area contributed by atoms with Crippen LogP contribution in [-0.2, 0) is 0 Å². The molecule has 0 N–H and O–H groups in total. The van der Waals surface area contributed by atoms with Crippen LogP contribution in [0.25, 0.3) is 0 Å². The van der Waals surface area contributed by atoms with Gasteiger partial charge in [0.25, 0.3) is 12.4 Å². The zero-order chi connectivity index (χ0) is 18.8. The molecular formula is C18H33Cl5Si3. The molecule has 3 fully saturated rings. The van der Waals surface area contributed by atoms with Crippen molar-refractivity contribution in [2.24, 2.45) is 0 Å². The van der Waals surface area contributed by atoms with Gasteiger partial charge in [0.05, 0.1) is 0 Å². The lowest BCUT2D eigenvalue weighted by atomic mass is 10.0. The minimum atomic E-state index is -2.72. The molecule has 0 heterocycles. The fourth-order valence-electron chi connectivity index (χ4n) is 5.79. The fourth-order valence-corrected chi connectivity index (χ4v) is 64.2. The summed E-state index contributed by atoms with van der Waals surface area (Å²) in [4.78, 5) is 0. The lowest BCUT2D eigenvalue weighted by Crippen LogP contribution is -2.72. The van der Waals surface area contributed by atoms with Crippen molar-refractivity contribution in [2.45, 2.75) is 113 Å². The zero-order valence-electron chi connectivity index (χ0n) is 15.7. The minimum absolute atomic E-state index is 0.415. The third-order valence-corrected chi connectivity index (χ3v) is 62.0. The van der Waals surface area contributed by atoms with Crippen molar-refractivity contribution >= 4 is 74.2 Å². The molecule has 3 aliphatic carbocycles. The molecule has 0 amide bonds. The summed E-state index contributed by atoms with van der Waals surface area (Å²) in [7, 11) is 0. The van der Waals surface area contributed by atoms with E-state index in [2.05, 4.69) is 0 Å². The van der Waals surface area contributed by atoms with Crippen molar-refractivity contribution in [3.63, 3.8) is 0 Å². The Balaban J connectivity index is 1.97. The van der Waals surface area contributed by atoms with E-state index in [9.17, 15) is 0 Å². The van der Waals surface area contributed by atoms with Gasteiger partial charge in [-0.3, -0.25) is 0 Å². The largest absolute Gasteiger partial charge is 0.260 e. The summed E-state index contributed by atoms with van der Waals surface area (Å²) in [6.07, 6.45) is 10.2. The van der Waals surface area contributed by atoms with Crippen LogP contribution in [0, 0.1) is 0 Å². The van der Waals surface area contributed by atoms with Gasteiger partial charge in [-0.2, -0.15) is 11.1 Å². The highest BCUT2D eigenvalue weighted by molar-refractivity contribution is 8.07. The van der Waals surface area contributed by atoms with E-state index in [1.807, 2.05) is 0 Å². The molecule has 0 aliphatic heterocycles. The topological polar surface area (TPSA) is 0 Å². The van der Waals surface area contributed by atoms with E-state index in [0.29, 0.717) is 16.6 Å². The summed E-state index contributed by atoms with van der Waals surface area (Å²) in [5.74, 6) is 0. The van der Waals surface area contributed by atoms with Crippen LogP contribution >= 0.6 is 55.4 Å². The predicted molar refractivity (Wildman–Crippen MR) is 127 cm³/mol. The first-order valence-corrected chi connectivity index (χ1v) is 24.1. The molecule has 3 rings (SSSR count). The van der Waals surface area contributed by atoms with Crippen LogP contribution in [0.5, 0.6) is 0 Å². The zero-order valence-corrected chi connectivity index (χ0v) is 22.5.